The Kier molecular flexibility index (Phi) is 4.91. The number of rotatable bonds is 6. The van der Waals surface area contributed by atoms with Gasteiger partial charge in [-0.2, -0.15) is 0 Å². The molecule has 2 aliphatic rings. The fraction of sp³-hybridized carbons (Fsp3) is 0.455. The summed E-state index contributed by atoms with van der Waals surface area (Å²) >= 11 is 0. The van der Waals surface area contributed by atoms with Crippen molar-refractivity contribution in [2.45, 2.75) is 63.9 Å². The first-order valence-corrected chi connectivity index (χ1v) is 9.72. The molecule has 1 aromatic carbocycles. The first-order chi connectivity index (χ1) is 12.7. The maximum atomic E-state index is 11.1. The Morgan fingerprint density at radius 2 is 1.81 bits per heavy atom. The SMILES string of the molecule is NC(=O)Cc1ccc(Cc2cc(OC3CCCC3)nc3c2CCC3)cc1. The summed E-state index contributed by atoms with van der Waals surface area (Å²) < 4.78 is 6.18. The van der Waals surface area contributed by atoms with E-state index in [0.29, 0.717) is 12.5 Å². The number of amides is 1. The summed E-state index contributed by atoms with van der Waals surface area (Å²) in [4.78, 5) is 15.8. The molecule has 2 N–H and O–H groups in total. The predicted molar refractivity (Wildman–Crippen MR) is 101 cm³/mol. The van der Waals surface area contributed by atoms with E-state index in [0.717, 1.165) is 43.5 Å². The predicted octanol–water partition coefficient (Wildman–Crippen LogP) is 3.51. The second kappa shape index (κ2) is 7.48. The molecule has 136 valence electrons. The molecule has 2 aromatic rings. The van der Waals surface area contributed by atoms with E-state index in [1.165, 1.54) is 41.6 Å². The Morgan fingerprint density at radius 1 is 1.08 bits per heavy atom. The van der Waals surface area contributed by atoms with Crippen molar-refractivity contribution < 1.29 is 9.53 Å². The summed E-state index contributed by atoms with van der Waals surface area (Å²) in [6, 6.07) is 10.3. The average molecular weight is 350 g/mol. The molecule has 2 aliphatic carbocycles. The van der Waals surface area contributed by atoms with Crippen LogP contribution in [0.4, 0.5) is 0 Å². The van der Waals surface area contributed by atoms with Gasteiger partial charge in [-0.25, -0.2) is 4.98 Å². The third-order valence-electron chi connectivity index (χ3n) is 5.50. The van der Waals surface area contributed by atoms with Crippen LogP contribution in [0, 0.1) is 0 Å². The zero-order chi connectivity index (χ0) is 17.9. The minimum absolute atomic E-state index is 0.293. The quantitative estimate of drug-likeness (QED) is 0.867. The summed E-state index contributed by atoms with van der Waals surface area (Å²) in [7, 11) is 0. The highest BCUT2D eigenvalue weighted by Gasteiger charge is 2.21. The molecule has 4 nitrogen and oxygen atoms in total. The largest absolute Gasteiger partial charge is 0.474 e. The normalized spacial score (nSPS) is 16.6. The van der Waals surface area contributed by atoms with Gasteiger partial charge in [0, 0.05) is 11.8 Å². The number of ether oxygens (including phenoxy) is 1. The molecule has 0 radical (unpaired) electrons. The van der Waals surface area contributed by atoms with Crippen molar-refractivity contribution in [1.29, 1.82) is 0 Å². The molecule has 1 fully saturated rings. The molecular formula is C22H26N2O2. The maximum absolute atomic E-state index is 11.1. The molecule has 0 saturated heterocycles. The van der Waals surface area contributed by atoms with Gasteiger partial charge in [0.2, 0.25) is 11.8 Å². The third kappa shape index (κ3) is 3.90. The van der Waals surface area contributed by atoms with Crippen LogP contribution in [0.2, 0.25) is 0 Å². The summed E-state index contributed by atoms with van der Waals surface area (Å²) in [6.07, 6.45) is 9.68. The molecule has 0 bridgehead atoms. The summed E-state index contributed by atoms with van der Waals surface area (Å²) in [6.45, 7) is 0. The van der Waals surface area contributed by atoms with E-state index in [1.54, 1.807) is 0 Å². The highest BCUT2D eigenvalue weighted by Crippen LogP contribution is 2.31. The lowest BCUT2D eigenvalue weighted by atomic mass is 9.98. The first kappa shape index (κ1) is 17.1. The lowest BCUT2D eigenvalue weighted by molar-refractivity contribution is -0.117. The van der Waals surface area contributed by atoms with Gasteiger partial charge in [0.25, 0.3) is 0 Å². The van der Waals surface area contributed by atoms with Crippen molar-refractivity contribution in [2.75, 3.05) is 0 Å². The van der Waals surface area contributed by atoms with E-state index in [9.17, 15) is 4.79 Å². The number of primary amides is 1. The van der Waals surface area contributed by atoms with Crippen LogP contribution in [-0.4, -0.2) is 17.0 Å². The van der Waals surface area contributed by atoms with Gasteiger partial charge < -0.3 is 10.5 Å². The lowest BCUT2D eigenvalue weighted by Gasteiger charge is -2.16. The van der Waals surface area contributed by atoms with Gasteiger partial charge in [-0.05, 0) is 73.6 Å². The zero-order valence-electron chi connectivity index (χ0n) is 15.2. The van der Waals surface area contributed by atoms with Crippen molar-refractivity contribution in [2.24, 2.45) is 5.73 Å². The number of fused-ring (bicyclic) bond motifs is 1. The summed E-state index contributed by atoms with van der Waals surface area (Å²) in [5.74, 6) is 0.510. The number of benzene rings is 1. The number of aromatic nitrogens is 1. The zero-order valence-corrected chi connectivity index (χ0v) is 15.2. The molecule has 0 unspecified atom stereocenters. The van der Waals surface area contributed by atoms with E-state index in [2.05, 4.69) is 18.2 Å². The monoisotopic (exact) mass is 350 g/mol. The van der Waals surface area contributed by atoms with Crippen LogP contribution in [0.3, 0.4) is 0 Å². The molecule has 1 saturated carbocycles. The van der Waals surface area contributed by atoms with Crippen LogP contribution in [0.1, 0.15) is 60.1 Å². The van der Waals surface area contributed by atoms with Gasteiger partial charge in [0.1, 0.15) is 6.10 Å². The number of carbonyl (C=O) groups excluding carboxylic acids is 1. The molecule has 0 atom stereocenters. The number of pyridine rings is 1. The minimum Gasteiger partial charge on any atom is -0.474 e. The molecule has 26 heavy (non-hydrogen) atoms. The standard InChI is InChI=1S/C22H26N2O2/c23-21(25)13-16-10-8-15(9-11-16)12-17-14-22(26-18-4-1-2-5-18)24-20-7-3-6-19(17)20/h8-11,14,18H,1-7,12-13H2,(H2,23,25). The highest BCUT2D eigenvalue weighted by atomic mass is 16.5. The van der Waals surface area contributed by atoms with Gasteiger partial charge in [-0.3, -0.25) is 4.79 Å². The fourth-order valence-electron chi connectivity index (χ4n) is 4.19. The summed E-state index contributed by atoms with van der Waals surface area (Å²) in [5.41, 5.74) is 11.4. The van der Waals surface area contributed by atoms with Crippen LogP contribution in [-0.2, 0) is 30.5 Å². The van der Waals surface area contributed by atoms with Crippen molar-refractivity contribution >= 4 is 5.91 Å². The Morgan fingerprint density at radius 3 is 2.54 bits per heavy atom. The molecular weight excluding hydrogens is 324 g/mol. The van der Waals surface area contributed by atoms with Gasteiger partial charge in [-0.1, -0.05) is 24.3 Å². The fourth-order valence-corrected chi connectivity index (χ4v) is 4.19. The van der Waals surface area contributed by atoms with Crippen molar-refractivity contribution in [3.8, 4) is 5.88 Å². The Hall–Kier alpha value is -2.36. The van der Waals surface area contributed by atoms with E-state index in [-0.39, 0.29) is 5.91 Å². The summed E-state index contributed by atoms with van der Waals surface area (Å²) in [5, 5.41) is 0. The van der Waals surface area contributed by atoms with Crippen LogP contribution in [0.15, 0.2) is 30.3 Å². The number of hydrogen-bond acceptors (Lipinski definition) is 3. The van der Waals surface area contributed by atoms with E-state index in [1.807, 2.05) is 12.1 Å². The number of nitrogens with zero attached hydrogens (tertiary/aromatic N) is 1. The molecule has 0 spiro atoms. The van der Waals surface area contributed by atoms with Crippen molar-refractivity contribution in [3.05, 3.63) is 58.3 Å². The minimum atomic E-state index is -0.293. The Bertz CT molecular complexity index is 793. The topological polar surface area (TPSA) is 65.2 Å². The second-order valence-electron chi connectivity index (χ2n) is 7.56. The molecule has 0 aliphatic heterocycles. The van der Waals surface area contributed by atoms with Gasteiger partial charge >= 0.3 is 0 Å². The van der Waals surface area contributed by atoms with Crippen molar-refractivity contribution in [1.82, 2.24) is 4.98 Å². The number of hydrogen-bond donors (Lipinski definition) is 1. The first-order valence-electron chi connectivity index (χ1n) is 9.72. The third-order valence-corrected chi connectivity index (χ3v) is 5.50. The van der Waals surface area contributed by atoms with Gasteiger partial charge in [0.05, 0.1) is 6.42 Å². The van der Waals surface area contributed by atoms with Gasteiger partial charge in [0.15, 0.2) is 0 Å². The van der Waals surface area contributed by atoms with Gasteiger partial charge in [-0.15, -0.1) is 0 Å². The van der Waals surface area contributed by atoms with Crippen LogP contribution >= 0.6 is 0 Å². The van der Waals surface area contributed by atoms with E-state index < -0.39 is 0 Å². The maximum Gasteiger partial charge on any atom is 0.221 e. The highest BCUT2D eigenvalue weighted by molar-refractivity contribution is 5.76. The second-order valence-corrected chi connectivity index (χ2v) is 7.56. The number of carbonyl (C=O) groups is 1. The van der Waals surface area contributed by atoms with Crippen LogP contribution in [0.25, 0.3) is 0 Å². The average Bonchev–Trinajstić information content (AvgIpc) is 3.28. The number of nitrogens with two attached hydrogens (primary N) is 1. The van der Waals surface area contributed by atoms with E-state index >= 15 is 0 Å². The van der Waals surface area contributed by atoms with Crippen molar-refractivity contribution in [3.63, 3.8) is 0 Å². The number of aryl methyl sites for hydroxylation is 1. The molecule has 1 heterocycles. The smallest absolute Gasteiger partial charge is 0.221 e. The molecule has 4 heteroatoms. The molecule has 1 amide bonds. The Balaban J connectivity index is 1.54. The van der Waals surface area contributed by atoms with E-state index in [4.69, 9.17) is 15.5 Å². The lowest BCUT2D eigenvalue weighted by Crippen LogP contribution is -2.13. The molecule has 4 rings (SSSR count). The molecule has 1 aromatic heterocycles. The van der Waals surface area contributed by atoms with Crippen LogP contribution in [0.5, 0.6) is 5.88 Å². The Labute approximate surface area is 154 Å². The van der Waals surface area contributed by atoms with Crippen LogP contribution < -0.4 is 10.5 Å².